The number of nitrogens with two attached hydrogens (primary N) is 1. The minimum absolute atomic E-state index is 0. The largest absolute Gasteiger partial charge is 0.416 e. The molecule has 1 aromatic heterocycles. The molecule has 0 saturated carbocycles. The van der Waals surface area contributed by atoms with E-state index in [4.69, 9.17) is 5.73 Å². The van der Waals surface area contributed by atoms with Gasteiger partial charge in [-0.15, -0.1) is 12.4 Å². The Labute approximate surface area is 145 Å². The molecule has 0 aliphatic carbocycles. The maximum atomic E-state index is 13.0. The fourth-order valence-electron chi connectivity index (χ4n) is 1.79. The summed E-state index contributed by atoms with van der Waals surface area (Å²) in [4.78, 5) is 11.7. The summed E-state index contributed by atoms with van der Waals surface area (Å²) in [5.41, 5.74) is 3.85. The average molecular weight is 385 g/mol. The molecule has 25 heavy (non-hydrogen) atoms. The van der Waals surface area contributed by atoms with Crippen molar-refractivity contribution in [2.45, 2.75) is 12.1 Å². The monoisotopic (exact) mass is 384 g/mol. The lowest BCUT2D eigenvalue weighted by atomic mass is 10.2. The Morgan fingerprint density at radius 2 is 1.88 bits per heavy atom. The van der Waals surface area contributed by atoms with Crippen LogP contribution in [0.15, 0.2) is 36.5 Å². The van der Waals surface area contributed by atoms with E-state index in [0.717, 1.165) is 16.8 Å². The van der Waals surface area contributed by atoms with Crippen LogP contribution < -0.4 is 11.1 Å². The van der Waals surface area contributed by atoms with Crippen LogP contribution in [0.25, 0.3) is 5.69 Å². The molecule has 0 aliphatic rings. The van der Waals surface area contributed by atoms with Crippen molar-refractivity contribution in [1.29, 1.82) is 0 Å². The van der Waals surface area contributed by atoms with E-state index in [1.807, 2.05) is 5.32 Å². The average Bonchev–Trinajstić information content (AvgIpc) is 3.02. The molecule has 0 saturated heterocycles. The van der Waals surface area contributed by atoms with Gasteiger partial charge >= 0.3 is 6.18 Å². The smallest absolute Gasteiger partial charge is 0.345 e. The SMILES string of the molecule is Cl.NCC(F)(F)CNC(=O)c1ccn(-c2cccc(C(F)(F)F)c2)n1. The van der Waals surface area contributed by atoms with E-state index in [1.54, 1.807) is 0 Å². The zero-order chi connectivity index (χ0) is 18.0. The van der Waals surface area contributed by atoms with Gasteiger partial charge in [0, 0.05) is 6.20 Å². The lowest BCUT2D eigenvalue weighted by molar-refractivity contribution is -0.137. The number of alkyl halides is 5. The Kier molecular flexibility index (Phi) is 6.49. The van der Waals surface area contributed by atoms with Gasteiger partial charge < -0.3 is 11.1 Å². The van der Waals surface area contributed by atoms with E-state index in [1.165, 1.54) is 24.4 Å². The highest BCUT2D eigenvalue weighted by atomic mass is 35.5. The Balaban J connectivity index is 0.00000312. The van der Waals surface area contributed by atoms with Gasteiger partial charge in [-0.3, -0.25) is 4.79 Å². The molecule has 11 heteroatoms. The lowest BCUT2D eigenvalue weighted by Crippen LogP contribution is -2.41. The molecule has 0 bridgehead atoms. The number of hydrogen-bond acceptors (Lipinski definition) is 3. The summed E-state index contributed by atoms with van der Waals surface area (Å²) in [6.07, 6.45) is -3.26. The third-order valence-corrected chi connectivity index (χ3v) is 3.07. The van der Waals surface area contributed by atoms with Gasteiger partial charge in [0.1, 0.15) is 0 Å². The van der Waals surface area contributed by atoms with Crippen molar-refractivity contribution in [2.75, 3.05) is 13.1 Å². The highest BCUT2D eigenvalue weighted by molar-refractivity contribution is 5.92. The molecule has 0 spiro atoms. The maximum absolute atomic E-state index is 13.0. The lowest BCUT2D eigenvalue weighted by Gasteiger charge is -2.13. The van der Waals surface area contributed by atoms with Crippen molar-refractivity contribution in [3.05, 3.63) is 47.8 Å². The van der Waals surface area contributed by atoms with E-state index in [-0.39, 0.29) is 23.8 Å². The molecule has 3 N–H and O–H groups in total. The number of carbonyl (C=O) groups excluding carboxylic acids is 1. The minimum Gasteiger partial charge on any atom is -0.345 e. The highest BCUT2D eigenvalue weighted by Gasteiger charge is 2.31. The number of amides is 1. The van der Waals surface area contributed by atoms with Gasteiger partial charge in [-0.1, -0.05) is 6.07 Å². The van der Waals surface area contributed by atoms with Gasteiger partial charge in [-0.05, 0) is 24.3 Å². The number of halogens is 6. The number of carbonyl (C=O) groups is 1. The van der Waals surface area contributed by atoms with Crippen LogP contribution in [0.3, 0.4) is 0 Å². The van der Waals surface area contributed by atoms with Crippen LogP contribution >= 0.6 is 12.4 Å². The van der Waals surface area contributed by atoms with Crippen LogP contribution in [-0.4, -0.2) is 34.7 Å². The molecule has 0 radical (unpaired) electrons. The number of nitrogens with zero attached hydrogens (tertiary/aromatic N) is 2. The molecule has 0 aliphatic heterocycles. The second kappa shape index (κ2) is 7.79. The molecule has 1 amide bonds. The van der Waals surface area contributed by atoms with E-state index >= 15 is 0 Å². The molecule has 138 valence electrons. The van der Waals surface area contributed by atoms with Crippen molar-refractivity contribution in [3.63, 3.8) is 0 Å². The van der Waals surface area contributed by atoms with Crippen molar-refractivity contribution in [1.82, 2.24) is 15.1 Å². The van der Waals surface area contributed by atoms with Crippen LogP contribution in [0, 0.1) is 0 Å². The first-order valence-electron chi connectivity index (χ1n) is 6.72. The second-order valence-electron chi connectivity index (χ2n) is 4.94. The predicted octanol–water partition coefficient (Wildman–Crippen LogP) is 2.64. The van der Waals surface area contributed by atoms with Crippen molar-refractivity contribution in [2.24, 2.45) is 5.73 Å². The summed E-state index contributed by atoms with van der Waals surface area (Å²) < 4.78 is 65.1. The molecule has 0 unspecified atom stereocenters. The van der Waals surface area contributed by atoms with Gasteiger partial charge in [0.25, 0.3) is 11.8 Å². The zero-order valence-electron chi connectivity index (χ0n) is 12.6. The van der Waals surface area contributed by atoms with Gasteiger partial charge in [0.15, 0.2) is 5.69 Å². The topological polar surface area (TPSA) is 72.9 Å². The molecule has 0 atom stereocenters. The summed E-state index contributed by atoms with van der Waals surface area (Å²) in [5, 5.41) is 5.76. The third kappa shape index (κ3) is 5.40. The van der Waals surface area contributed by atoms with Gasteiger partial charge in [0.2, 0.25) is 0 Å². The van der Waals surface area contributed by atoms with Crippen molar-refractivity contribution < 1.29 is 26.7 Å². The summed E-state index contributed by atoms with van der Waals surface area (Å²) in [6.45, 7) is -1.88. The number of benzene rings is 1. The molecule has 0 fully saturated rings. The van der Waals surface area contributed by atoms with Crippen LogP contribution in [0.5, 0.6) is 0 Å². The fourth-order valence-corrected chi connectivity index (χ4v) is 1.79. The van der Waals surface area contributed by atoms with Crippen LogP contribution in [0.1, 0.15) is 16.1 Å². The van der Waals surface area contributed by atoms with E-state index in [2.05, 4.69) is 5.10 Å². The number of hydrogen-bond donors (Lipinski definition) is 2. The van der Waals surface area contributed by atoms with Crippen LogP contribution in [0.2, 0.25) is 0 Å². The van der Waals surface area contributed by atoms with Crippen molar-refractivity contribution in [3.8, 4) is 5.69 Å². The van der Waals surface area contributed by atoms with Crippen LogP contribution in [-0.2, 0) is 6.18 Å². The minimum atomic E-state index is -4.52. The summed E-state index contributed by atoms with van der Waals surface area (Å²) >= 11 is 0. The number of aromatic nitrogens is 2. The number of rotatable bonds is 5. The molecular weight excluding hydrogens is 371 g/mol. The molecule has 2 aromatic rings. The first-order valence-corrected chi connectivity index (χ1v) is 6.72. The van der Waals surface area contributed by atoms with Crippen LogP contribution in [0.4, 0.5) is 22.0 Å². The molecule has 2 rings (SSSR count). The maximum Gasteiger partial charge on any atom is 0.416 e. The summed E-state index contributed by atoms with van der Waals surface area (Å²) in [6, 6.07) is 5.52. The third-order valence-electron chi connectivity index (χ3n) is 3.07. The second-order valence-corrected chi connectivity index (χ2v) is 4.94. The Bertz CT molecular complexity index is 732. The standard InChI is InChI=1S/C14H13F5N4O.ClH/c15-13(16,7-20)8-21-12(24)11-4-5-23(22-11)10-3-1-2-9(6-10)14(17,18)19;/h1-6H,7-8,20H2,(H,21,24);1H. The summed E-state index contributed by atoms with van der Waals surface area (Å²) in [7, 11) is 0. The van der Waals surface area contributed by atoms with Gasteiger partial charge in [0.05, 0.1) is 24.3 Å². The Morgan fingerprint density at radius 1 is 1.20 bits per heavy atom. The van der Waals surface area contributed by atoms with Gasteiger partial charge in [-0.2, -0.15) is 18.3 Å². The molecule has 1 aromatic carbocycles. The fraction of sp³-hybridized carbons (Fsp3) is 0.286. The van der Waals surface area contributed by atoms with E-state index in [0.29, 0.717) is 0 Å². The highest BCUT2D eigenvalue weighted by Crippen LogP contribution is 2.30. The molecule has 1 heterocycles. The normalized spacial score (nSPS) is 11.8. The van der Waals surface area contributed by atoms with Gasteiger partial charge in [-0.25, -0.2) is 13.5 Å². The summed E-state index contributed by atoms with van der Waals surface area (Å²) in [5.74, 6) is -4.13. The van der Waals surface area contributed by atoms with Crippen molar-refractivity contribution >= 4 is 18.3 Å². The number of nitrogens with one attached hydrogen (secondary N) is 1. The first-order chi connectivity index (χ1) is 11.1. The van der Waals surface area contributed by atoms with E-state index < -0.39 is 36.7 Å². The predicted molar refractivity (Wildman–Crippen MR) is 82.1 cm³/mol. The van der Waals surface area contributed by atoms with E-state index in [9.17, 15) is 26.7 Å². The zero-order valence-corrected chi connectivity index (χ0v) is 13.4. The molecular formula is C14H14ClF5N4O. The quantitative estimate of drug-likeness (QED) is 0.778. The Hall–Kier alpha value is -2.20. The first kappa shape index (κ1) is 20.8. The Morgan fingerprint density at radius 3 is 2.48 bits per heavy atom. The molecule has 5 nitrogen and oxygen atoms in total.